The molecule has 0 fully saturated rings. The Morgan fingerprint density at radius 1 is 1.36 bits per heavy atom. The Balaban J connectivity index is 2.33. The van der Waals surface area contributed by atoms with Crippen LogP contribution in [0.15, 0.2) is 6.07 Å². The summed E-state index contributed by atoms with van der Waals surface area (Å²) in [5, 5.41) is 10.4. The van der Waals surface area contributed by atoms with Crippen molar-refractivity contribution in [2.24, 2.45) is 0 Å². The van der Waals surface area contributed by atoms with Gasteiger partial charge in [-0.05, 0) is 51.9 Å². The average molecular weight is 302 g/mol. The van der Waals surface area contributed by atoms with Gasteiger partial charge in [-0.25, -0.2) is 0 Å². The number of benzene rings is 1. The predicted molar refractivity (Wildman–Crippen MR) is 84.4 cm³/mol. The first-order chi connectivity index (χ1) is 10.1. The van der Waals surface area contributed by atoms with Gasteiger partial charge in [0.05, 0.1) is 11.3 Å². The van der Waals surface area contributed by atoms with E-state index >= 15 is 0 Å². The van der Waals surface area contributed by atoms with Crippen LogP contribution in [0.3, 0.4) is 0 Å². The minimum Gasteiger partial charge on any atom is -0.508 e. The van der Waals surface area contributed by atoms with E-state index in [2.05, 4.69) is 6.92 Å². The maximum Gasteiger partial charge on any atom is 0.299 e. The molecule has 1 unspecified atom stereocenters. The van der Waals surface area contributed by atoms with Crippen molar-refractivity contribution in [2.45, 2.75) is 45.2 Å². The molecule has 1 N–H and O–H groups in total. The van der Waals surface area contributed by atoms with Crippen molar-refractivity contribution in [1.82, 2.24) is 4.90 Å². The highest BCUT2D eigenvalue weighted by Crippen LogP contribution is 2.51. The first-order valence-electron chi connectivity index (χ1n) is 7.57. The number of rotatable bonds is 2. The lowest BCUT2D eigenvalue weighted by atomic mass is 9.79. The second-order valence-electron chi connectivity index (χ2n) is 7.31. The van der Waals surface area contributed by atoms with Crippen LogP contribution in [0.4, 0.5) is 5.69 Å². The van der Waals surface area contributed by atoms with Crippen molar-refractivity contribution in [3.8, 4) is 5.75 Å². The molecule has 0 aliphatic carbocycles. The summed E-state index contributed by atoms with van der Waals surface area (Å²) in [6, 6.07) is 1.73. The summed E-state index contributed by atoms with van der Waals surface area (Å²) in [6.07, 6.45) is 0.769. The molecule has 2 aliphatic heterocycles. The number of ketones is 1. The molecule has 0 saturated heterocycles. The van der Waals surface area contributed by atoms with Crippen LogP contribution in [0.1, 0.15) is 54.6 Å². The normalized spacial score (nSPS) is 22.5. The molecular formula is C17H22N2O3. The first-order valence-corrected chi connectivity index (χ1v) is 7.57. The molecule has 1 amide bonds. The molecule has 1 atom stereocenters. The Morgan fingerprint density at radius 2 is 2.00 bits per heavy atom. The minimum atomic E-state index is -0.494. The van der Waals surface area contributed by atoms with E-state index in [-0.39, 0.29) is 11.7 Å². The topological polar surface area (TPSA) is 60.9 Å². The lowest BCUT2D eigenvalue weighted by molar-refractivity contribution is -0.115. The first kappa shape index (κ1) is 15.0. The van der Waals surface area contributed by atoms with Crippen molar-refractivity contribution in [3.63, 3.8) is 0 Å². The number of nitrogens with zero attached hydrogens (tertiary/aromatic N) is 2. The van der Waals surface area contributed by atoms with Crippen LogP contribution >= 0.6 is 0 Å². The largest absolute Gasteiger partial charge is 0.508 e. The number of phenols is 1. The molecule has 1 aromatic rings. The standard InChI is InChI=1S/C17H22N2O3/c1-9-7-17(2,3)19-14-10(9)6-12(20)11(8-18(4)5)13(14)15(21)16(19)22/h6,9,20H,7-8H2,1-5H3. The van der Waals surface area contributed by atoms with Crippen LogP contribution in [0.2, 0.25) is 0 Å². The zero-order valence-electron chi connectivity index (χ0n) is 13.7. The minimum absolute atomic E-state index is 0.108. The number of anilines is 1. The maximum absolute atomic E-state index is 12.6. The third kappa shape index (κ3) is 1.88. The number of Topliss-reactive ketones (excluding diaryl/α,β-unsaturated/α-hetero) is 1. The van der Waals surface area contributed by atoms with Gasteiger partial charge in [-0.2, -0.15) is 0 Å². The van der Waals surface area contributed by atoms with E-state index in [0.29, 0.717) is 23.4 Å². The van der Waals surface area contributed by atoms with Gasteiger partial charge in [0, 0.05) is 17.6 Å². The average Bonchev–Trinajstić information content (AvgIpc) is 2.64. The number of phenolic OH excluding ortho intramolecular Hbond substituents is 1. The summed E-state index contributed by atoms with van der Waals surface area (Å²) in [7, 11) is 3.74. The molecule has 2 aliphatic rings. The van der Waals surface area contributed by atoms with Gasteiger partial charge in [0.1, 0.15) is 5.75 Å². The molecule has 0 saturated carbocycles. The van der Waals surface area contributed by atoms with Crippen LogP contribution in [0, 0.1) is 0 Å². The van der Waals surface area contributed by atoms with E-state index in [9.17, 15) is 14.7 Å². The Labute approximate surface area is 130 Å². The highest BCUT2D eigenvalue weighted by Gasteiger charge is 2.50. The van der Waals surface area contributed by atoms with Crippen LogP contribution in [-0.2, 0) is 11.3 Å². The number of aromatic hydroxyl groups is 1. The van der Waals surface area contributed by atoms with Gasteiger partial charge in [0.25, 0.3) is 11.7 Å². The van der Waals surface area contributed by atoms with E-state index in [1.165, 1.54) is 0 Å². The van der Waals surface area contributed by atoms with Crippen LogP contribution in [0.5, 0.6) is 5.75 Å². The fourth-order valence-electron chi connectivity index (χ4n) is 3.89. The number of amides is 1. The smallest absolute Gasteiger partial charge is 0.299 e. The van der Waals surface area contributed by atoms with Gasteiger partial charge in [0.15, 0.2) is 0 Å². The van der Waals surface area contributed by atoms with E-state index in [1.807, 2.05) is 32.8 Å². The third-order valence-corrected chi connectivity index (χ3v) is 4.68. The fourth-order valence-corrected chi connectivity index (χ4v) is 3.89. The van der Waals surface area contributed by atoms with Gasteiger partial charge < -0.3 is 10.0 Å². The molecule has 118 valence electrons. The van der Waals surface area contributed by atoms with Gasteiger partial charge in [-0.1, -0.05) is 6.92 Å². The second kappa shape index (κ2) is 4.56. The van der Waals surface area contributed by atoms with Gasteiger partial charge in [0.2, 0.25) is 0 Å². The molecular weight excluding hydrogens is 280 g/mol. The van der Waals surface area contributed by atoms with Crippen LogP contribution < -0.4 is 4.90 Å². The molecule has 0 bridgehead atoms. The molecule has 5 heteroatoms. The Bertz CT molecular complexity index is 692. The summed E-state index contributed by atoms with van der Waals surface area (Å²) in [6.45, 7) is 6.49. The molecule has 5 nitrogen and oxygen atoms in total. The van der Waals surface area contributed by atoms with Crippen molar-refractivity contribution >= 4 is 17.4 Å². The third-order valence-electron chi connectivity index (χ3n) is 4.68. The number of hydrogen-bond acceptors (Lipinski definition) is 4. The molecule has 2 heterocycles. The lowest BCUT2D eigenvalue weighted by Crippen LogP contribution is -2.50. The molecule has 22 heavy (non-hydrogen) atoms. The summed E-state index contributed by atoms with van der Waals surface area (Å²) in [5.41, 5.74) is 2.17. The monoisotopic (exact) mass is 302 g/mol. The molecule has 0 aromatic heterocycles. The second-order valence-corrected chi connectivity index (χ2v) is 7.31. The van der Waals surface area contributed by atoms with Gasteiger partial charge >= 0.3 is 0 Å². The summed E-state index contributed by atoms with van der Waals surface area (Å²) < 4.78 is 0. The highest BCUT2D eigenvalue weighted by atomic mass is 16.3. The lowest BCUT2D eigenvalue weighted by Gasteiger charge is -2.43. The van der Waals surface area contributed by atoms with E-state index in [4.69, 9.17) is 0 Å². The summed E-state index contributed by atoms with van der Waals surface area (Å²) >= 11 is 0. The van der Waals surface area contributed by atoms with Crippen molar-refractivity contribution in [2.75, 3.05) is 19.0 Å². The highest BCUT2D eigenvalue weighted by molar-refractivity contribution is 6.53. The number of hydrogen-bond donors (Lipinski definition) is 1. The summed E-state index contributed by atoms with van der Waals surface area (Å²) in [5.74, 6) is -0.667. The van der Waals surface area contributed by atoms with E-state index in [1.54, 1.807) is 11.0 Å². The van der Waals surface area contributed by atoms with E-state index < -0.39 is 17.2 Å². The summed E-state index contributed by atoms with van der Waals surface area (Å²) in [4.78, 5) is 28.6. The van der Waals surface area contributed by atoms with Crippen LogP contribution in [-0.4, -0.2) is 41.3 Å². The van der Waals surface area contributed by atoms with E-state index in [0.717, 1.165) is 12.0 Å². The van der Waals surface area contributed by atoms with Crippen LogP contribution in [0.25, 0.3) is 0 Å². The van der Waals surface area contributed by atoms with Crippen molar-refractivity contribution < 1.29 is 14.7 Å². The fraction of sp³-hybridized carbons (Fsp3) is 0.529. The Hall–Kier alpha value is -1.88. The Kier molecular flexibility index (Phi) is 3.11. The van der Waals surface area contributed by atoms with Gasteiger partial charge in [-0.15, -0.1) is 0 Å². The molecule has 3 rings (SSSR count). The zero-order valence-corrected chi connectivity index (χ0v) is 13.7. The van der Waals surface area contributed by atoms with Crippen molar-refractivity contribution in [1.29, 1.82) is 0 Å². The molecule has 0 spiro atoms. The quantitative estimate of drug-likeness (QED) is 0.851. The maximum atomic E-state index is 12.6. The predicted octanol–water partition coefficient (Wildman–Crippen LogP) is 2.27. The Morgan fingerprint density at radius 3 is 2.59 bits per heavy atom. The molecule has 0 radical (unpaired) electrons. The SMILES string of the molecule is CC1CC(C)(C)N2C(=O)C(=O)c3c(CN(C)C)c(O)cc1c32. The van der Waals surface area contributed by atoms with Crippen molar-refractivity contribution in [3.05, 3.63) is 22.8 Å². The number of carbonyl (C=O) groups excluding carboxylic acids is 2. The zero-order chi connectivity index (χ0) is 16.4. The van der Waals surface area contributed by atoms with Gasteiger partial charge in [-0.3, -0.25) is 14.5 Å². The number of carbonyl (C=O) groups is 2. The molecule has 1 aromatic carbocycles.